The van der Waals surface area contributed by atoms with Gasteiger partial charge in [-0.15, -0.1) is 0 Å². The molecule has 1 atom stereocenters. The van der Waals surface area contributed by atoms with Crippen molar-refractivity contribution in [1.29, 1.82) is 0 Å². The van der Waals surface area contributed by atoms with Gasteiger partial charge in [0.25, 0.3) is 5.91 Å². The molecule has 1 aromatic heterocycles. The number of rotatable bonds is 5. The predicted octanol–water partition coefficient (Wildman–Crippen LogP) is 3.66. The minimum atomic E-state index is -0.204. The van der Waals surface area contributed by atoms with E-state index in [9.17, 15) is 4.79 Å². The van der Waals surface area contributed by atoms with E-state index in [1.165, 1.54) is 6.42 Å². The monoisotopic (exact) mass is 368 g/mol. The summed E-state index contributed by atoms with van der Waals surface area (Å²) in [5.74, 6) is 1.55. The van der Waals surface area contributed by atoms with E-state index in [4.69, 9.17) is 4.74 Å². The lowest BCUT2D eigenvalue weighted by Gasteiger charge is -2.31. The van der Waals surface area contributed by atoms with Gasteiger partial charge in [0.05, 0.1) is 0 Å². The Bertz CT molecular complexity index is 802. The molecular formula is C21H28N4O2. The summed E-state index contributed by atoms with van der Waals surface area (Å²) in [5, 5.41) is 2.87. The highest BCUT2D eigenvalue weighted by Crippen LogP contribution is 2.22. The number of nitrogens with zero attached hydrogens (tertiary/aromatic N) is 3. The minimum absolute atomic E-state index is 0.0840. The van der Waals surface area contributed by atoms with Crippen molar-refractivity contribution in [2.75, 3.05) is 29.9 Å². The first kappa shape index (κ1) is 19.1. The summed E-state index contributed by atoms with van der Waals surface area (Å²) in [6, 6.07) is 7.71. The molecule has 0 aliphatic carbocycles. The fourth-order valence-corrected chi connectivity index (χ4v) is 3.49. The maximum Gasteiger partial charge on any atom is 0.262 e. The molecule has 0 bridgehead atoms. The van der Waals surface area contributed by atoms with Crippen LogP contribution in [0.25, 0.3) is 0 Å². The fraction of sp³-hybridized carbons (Fsp3) is 0.476. The molecule has 6 heteroatoms. The largest absolute Gasteiger partial charge is 0.467 e. The second-order valence-corrected chi connectivity index (χ2v) is 7.55. The Morgan fingerprint density at radius 2 is 1.93 bits per heavy atom. The van der Waals surface area contributed by atoms with Gasteiger partial charge in [-0.3, -0.25) is 4.79 Å². The van der Waals surface area contributed by atoms with E-state index < -0.39 is 0 Å². The van der Waals surface area contributed by atoms with Crippen molar-refractivity contribution in [3.8, 4) is 5.88 Å². The molecule has 0 saturated carbocycles. The molecule has 0 spiro atoms. The van der Waals surface area contributed by atoms with Crippen molar-refractivity contribution in [1.82, 2.24) is 9.97 Å². The first-order valence-electron chi connectivity index (χ1n) is 9.50. The zero-order valence-corrected chi connectivity index (χ0v) is 16.6. The number of ether oxygens (including phenoxy) is 1. The van der Waals surface area contributed by atoms with Crippen LogP contribution in [0, 0.1) is 26.7 Å². The number of hydrogen-bond acceptors (Lipinski definition) is 5. The van der Waals surface area contributed by atoms with Gasteiger partial charge in [-0.25, -0.2) is 4.98 Å². The number of nitrogens with one attached hydrogen (secondary N) is 1. The molecule has 1 saturated heterocycles. The number of carbonyl (C=O) groups is 1. The van der Waals surface area contributed by atoms with Crippen molar-refractivity contribution in [2.45, 2.75) is 40.5 Å². The summed E-state index contributed by atoms with van der Waals surface area (Å²) in [7, 11) is 0. The summed E-state index contributed by atoms with van der Waals surface area (Å²) in [4.78, 5) is 23.5. The molecule has 6 nitrogen and oxygen atoms in total. The van der Waals surface area contributed by atoms with Crippen LogP contribution in [-0.2, 0) is 4.79 Å². The maximum absolute atomic E-state index is 12.2. The van der Waals surface area contributed by atoms with Gasteiger partial charge in [0.2, 0.25) is 11.8 Å². The summed E-state index contributed by atoms with van der Waals surface area (Å²) >= 11 is 0. The van der Waals surface area contributed by atoms with E-state index in [2.05, 4.69) is 33.2 Å². The Morgan fingerprint density at radius 3 is 2.63 bits per heavy atom. The Labute approximate surface area is 161 Å². The second kappa shape index (κ2) is 8.37. The summed E-state index contributed by atoms with van der Waals surface area (Å²) in [6.45, 7) is 10.0. The standard InChI is InChI=1S/C21H28N4O2/c1-14-6-5-7-25(12-14)21-22-17(4)11-20(24-21)27-13-19(26)23-18-9-15(2)8-16(3)10-18/h8-11,14H,5-7,12-13H2,1-4H3,(H,23,26)/t14-/m0/s1. The summed E-state index contributed by atoms with van der Waals surface area (Å²) in [5.41, 5.74) is 3.84. The molecule has 1 amide bonds. The molecule has 2 aromatic rings. The number of piperidine rings is 1. The molecule has 0 radical (unpaired) electrons. The first-order chi connectivity index (χ1) is 12.9. The van der Waals surface area contributed by atoms with Gasteiger partial charge in [-0.1, -0.05) is 13.0 Å². The fourth-order valence-electron chi connectivity index (χ4n) is 3.49. The molecule has 0 unspecified atom stereocenters. The molecule has 1 aromatic carbocycles. The van der Waals surface area contributed by atoms with Crippen LogP contribution < -0.4 is 15.0 Å². The zero-order valence-electron chi connectivity index (χ0n) is 16.6. The summed E-state index contributed by atoms with van der Waals surface area (Å²) in [6.07, 6.45) is 2.39. The highest BCUT2D eigenvalue weighted by Gasteiger charge is 2.19. The van der Waals surface area contributed by atoms with Crippen LogP contribution in [0.2, 0.25) is 0 Å². The average molecular weight is 368 g/mol. The second-order valence-electron chi connectivity index (χ2n) is 7.55. The summed E-state index contributed by atoms with van der Waals surface area (Å²) < 4.78 is 5.65. The topological polar surface area (TPSA) is 67.3 Å². The molecule has 1 N–H and O–H groups in total. The van der Waals surface area contributed by atoms with Crippen LogP contribution in [0.3, 0.4) is 0 Å². The van der Waals surface area contributed by atoms with Gasteiger partial charge in [0, 0.05) is 30.5 Å². The van der Waals surface area contributed by atoms with Crippen molar-refractivity contribution in [3.05, 3.63) is 41.1 Å². The van der Waals surface area contributed by atoms with Crippen molar-refractivity contribution in [3.63, 3.8) is 0 Å². The van der Waals surface area contributed by atoms with Gasteiger partial charge in [-0.05, 0) is 62.8 Å². The Kier molecular flexibility index (Phi) is 5.94. The van der Waals surface area contributed by atoms with Crippen LogP contribution in [0.5, 0.6) is 5.88 Å². The lowest BCUT2D eigenvalue weighted by molar-refractivity contribution is -0.118. The lowest BCUT2D eigenvalue weighted by Crippen LogP contribution is -2.35. The Hall–Kier alpha value is -2.63. The molecule has 144 valence electrons. The van der Waals surface area contributed by atoms with Gasteiger partial charge in [0.15, 0.2) is 6.61 Å². The predicted molar refractivity (Wildman–Crippen MR) is 107 cm³/mol. The highest BCUT2D eigenvalue weighted by atomic mass is 16.5. The number of aryl methyl sites for hydroxylation is 3. The number of aromatic nitrogens is 2. The van der Waals surface area contributed by atoms with Gasteiger partial charge in [0.1, 0.15) is 0 Å². The van der Waals surface area contributed by atoms with E-state index >= 15 is 0 Å². The van der Waals surface area contributed by atoms with Crippen LogP contribution in [0.4, 0.5) is 11.6 Å². The van der Waals surface area contributed by atoms with Gasteiger partial charge < -0.3 is 15.0 Å². The van der Waals surface area contributed by atoms with Crippen LogP contribution >= 0.6 is 0 Å². The molecule has 2 heterocycles. The van der Waals surface area contributed by atoms with E-state index in [0.717, 1.165) is 42.0 Å². The molecule has 1 fully saturated rings. The number of anilines is 2. The lowest BCUT2D eigenvalue weighted by atomic mass is 10.0. The Morgan fingerprint density at radius 1 is 1.19 bits per heavy atom. The van der Waals surface area contributed by atoms with E-state index in [-0.39, 0.29) is 12.5 Å². The van der Waals surface area contributed by atoms with Crippen LogP contribution in [0.15, 0.2) is 24.3 Å². The molecule has 3 rings (SSSR count). The van der Waals surface area contributed by atoms with Crippen molar-refractivity contribution >= 4 is 17.5 Å². The molecule has 1 aliphatic heterocycles. The van der Waals surface area contributed by atoms with Gasteiger partial charge >= 0.3 is 0 Å². The third-order valence-corrected chi connectivity index (χ3v) is 4.62. The van der Waals surface area contributed by atoms with E-state index in [1.807, 2.05) is 32.9 Å². The third kappa shape index (κ3) is 5.42. The quantitative estimate of drug-likeness (QED) is 0.872. The third-order valence-electron chi connectivity index (χ3n) is 4.62. The number of carbonyl (C=O) groups excluding carboxylic acids is 1. The molecule has 27 heavy (non-hydrogen) atoms. The average Bonchev–Trinajstić information content (AvgIpc) is 2.58. The van der Waals surface area contributed by atoms with Crippen molar-refractivity contribution < 1.29 is 9.53 Å². The molecule has 1 aliphatic rings. The SMILES string of the molecule is Cc1cc(C)cc(NC(=O)COc2cc(C)nc(N3CCC[C@H](C)C3)n2)c1. The van der Waals surface area contributed by atoms with Gasteiger partial charge in [-0.2, -0.15) is 4.98 Å². The number of hydrogen-bond donors (Lipinski definition) is 1. The number of amides is 1. The Balaban J connectivity index is 1.62. The highest BCUT2D eigenvalue weighted by molar-refractivity contribution is 5.92. The zero-order chi connectivity index (χ0) is 19.4. The van der Waals surface area contributed by atoms with Crippen molar-refractivity contribution in [2.24, 2.45) is 5.92 Å². The minimum Gasteiger partial charge on any atom is -0.467 e. The van der Waals surface area contributed by atoms with Crippen LogP contribution in [0.1, 0.15) is 36.6 Å². The smallest absolute Gasteiger partial charge is 0.262 e. The number of benzene rings is 1. The van der Waals surface area contributed by atoms with E-state index in [0.29, 0.717) is 17.7 Å². The first-order valence-corrected chi connectivity index (χ1v) is 9.50. The van der Waals surface area contributed by atoms with Crippen LogP contribution in [-0.4, -0.2) is 35.6 Å². The maximum atomic E-state index is 12.2. The van der Waals surface area contributed by atoms with E-state index in [1.54, 1.807) is 6.07 Å². The molecular weight excluding hydrogens is 340 g/mol. The normalized spacial score (nSPS) is 16.9.